The van der Waals surface area contributed by atoms with Gasteiger partial charge >= 0.3 is 0 Å². The molecule has 33 nitrogen and oxygen atoms in total. The van der Waals surface area contributed by atoms with Crippen molar-refractivity contribution in [3.63, 3.8) is 0 Å². The lowest BCUT2D eigenvalue weighted by Crippen LogP contribution is -2.59. The Kier molecular flexibility index (Phi) is 39.4. The molecule has 3 aliphatic rings. The molecule has 0 aromatic heterocycles. The van der Waals surface area contributed by atoms with Gasteiger partial charge in [-0.2, -0.15) is 0 Å². The minimum absolute atomic E-state index is 0.0108. The first kappa shape index (κ1) is 74.6. The Morgan fingerprint density at radius 3 is 0.831 bits per heavy atom. The normalized spacial score (nSPS) is 29.1. The molecule has 488 valence electrons. The van der Waals surface area contributed by atoms with Crippen LogP contribution in [0.4, 0.5) is 0 Å². The summed E-state index contributed by atoms with van der Waals surface area (Å²) in [5.74, 6) is -0.847. The van der Waals surface area contributed by atoms with Gasteiger partial charge in [0.25, 0.3) is 0 Å². The van der Waals surface area contributed by atoms with Gasteiger partial charge in [-0.3, -0.25) is 14.4 Å². The van der Waals surface area contributed by atoms with Crippen molar-refractivity contribution in [3.8, 4) is 0 Å². The summed E-state index contributed by atoms with van der Waals surface area (Å²) in [5.41, 5.74) is -0.755. The van der Waals surface area contributed by atoms with Gasteiger partial charge < -0.3 is 148 Å². The Morgan fingerprint density at radius 1 is 0.337 bits per heavy atom. The Hall–Kier alpha value is -2.67. The van der Waals surface area contributed by atoms with Gasteiger partial charge in [0.05, 0.1) is 159 Å². The molecule has 33 heteroatoms. The fourth-order valence-electron chi connectivity index (χ4n) is 7.88. The molecule has 6 unspecified atom stereocenters. The van der Waals surface area contributed by atoms with E-state index in [4.69, 9.17) is 71.1 Å². The Balaban J connectivity index is 1.26. The van der Waals surface area contributed by atoms with Crippen molar-refractivity contribution < 1.29 is 147 Å². The summed E-state index contributed by atoms with van der Waals surface area (Å²) in [6.45, 7) is 3.37. The van der Waals surface area contributed by atoms with Crippen LogP contribution in [-0.4, -0.2) is 349 Å². The topological polar surface area (TPSA) is 469 Å². The van der Waals surface area contributed by atoms with Crippen molar-refractivity contribution in [2.45, 2.75) is 118 Å². The second-order valence-electron chi connectivity index (χ2n) is 19.6. The van der Waals surface area contributed by atoms with E-state index in [-0.39, 0.29) is 195 Å². The highest BCUT2D eigenvalue weighted by atomic mass is 16.7. The first-order valence-electron chi connectivity index (χ1n) is 27.7. The predicted octanol–water partition coefficient (Wildman–Crippen LogP) is -8.89. The summed E-state index contributed by atoms with van der Waals surface area (Å²) in [6.07, 6.45) is -20.5. The molecule has 83 heavy (non-hydrogen) atoms. The maximum absolute atomic E-state index is 12.5. The number of carbonyl (C=O) groups is 3. The number of nitrogens with one attached hydrogen (secondary N) is 3. The number of hydrogen-bond acceptors (Lipinski definition) is 30. The van der Waals surface area contributed by atoms with Crippen LogP contribution in [-0.2, 0) is 85.4 Å². The molecular weight excluding hydrogens is 1120 g/mol. The van der Waals surface area contributed by atoms with Gasteiger partial charge in [0.2, 0.25) is 17.7 Å². The average molecular weight is 1220 g/mol. The van der Waals surface area contributed by atoms with Crippen molar-refractivity contribution in [3.05, 3.63) is 0 Å². The van der Waals surface area contributed by atoms with Crippen LogP contribution in [0.25, 0.3) is 0 Å². The lowest BCUT2D eigenvalue weighted by Gasteiger charge is -2.39. The molecule has 0 aromatic rings. The van der Waals surface area contributed by atoms with Crippen molar-refractivity contribution in [1.29, 1.82) is 0 Å². The third-order valence-electron chi connectivity index (χ3n) is 12.7. The summed E-state index contributed by atoms with van der Waals surface area (Å²) < 4.78 is 82.2. The SMILES string of the molecule is CC(COCCC(=O)NCCOCCOCCO[C@H]1OC(CO)[C@@H](O)[C@H](O)C1O)(COCCC(=O)NCCOCCOCCO[C@H]1OC(CO)[C@@H](O)[C@H](O)C1O)COCCC(=O)NCCOCCOCCO[C@H]1OC(CO)[C@@H](O)C(O)[C@H]1O. The minimum Gasteiger partial charge on any atom is -0.394 e. The highest BCUT2D eigenvalue weighted by Crippen LogP contribution is 2.25. The molecule has 0 saturated carbocycles. The van der Waals surface area contributed by atoms with Crippen molar-refractivity contribution >= 4 is 17.7 Å². The van der Waals surface area contributed by atoms with Gasteiger partial charge in [0.15, 0.2) is 18.9 Å². The maximum Gasteiger partial charge on any atom is 0.222 e. The number of aliphatic hydroxyl groups excluding tert-OH is 12. The minimum atomic E-state index is -1.55. The Morgan fingerprint density at radius 2 is 0.578 bits per heavy atom. The van der Waals surface area contributed by atoms with Gasteiger partial charge in [-0.25, -0.2) is 0 Å². The molecule has 0 aliphatic carbocycles. The maximum atomic E-state index is 12.5. The first-order chi connectivity index (χ1) is 40.0. The molecule has 0 aromatic carbocycles. The highest BCUT2D eigenvalue weighted by Gasteiger charge is 2.46. The summed E-state index contributed by atoms with van der Waals surface area (Å²) in [7, 11) is 0. The van der Waals surface area contributed by atoms with Crippen molar-refractivity contribution in [1.82, 2.24) is 16.0 Å². The molecule has 3 heterocycles. The van der Waals surface area contributed by atoms with Gasteiger partial charge in [-0.05, 0) is 0 Å². The number of rotatable bonds is 48. The van der Waals surface area contributed by atoms with Crippen LogP contribution in [0, 0.1) is 5.41 Å². The van der Waals surface area contributed by atoms with Crippen LogP contribution >= 0.6 is 0 Å². The first-order valence-corrected chi connectivity index (χ1v) is 27.7. The zero-order chi connectivity index (χ0) is 60.8. The predicted molar refractivity (Wildman–Crippen MR) is 278 cm³/mol. The van der Waals surface area contributed by atoms with E-state index in [0.717, 1.165) is 0 Å². The van der Waals surface area contributed by atoms with Crippen LogP contribution in [0.15, 0.2) is 0 Å². The zero-order valence-electron chi connectivity index (χ0n) is 47.1. The lowest BCUT2D eigenvalue weighted by atomic mass is 9.94. The molecule has 3 fully saturated rings. The largest absolute Gasteiger partial charge is 0.394 e. The van der Waals surface area contributed by atoms with Gasteiger partial charge in [-0.1, -0.05) is 6.92 Å². The molecule has 3 amide bonds. The van der Waals surface area contributed by atoms with E-state index in [1.165, 1.54) is 0 Å². The second kappa shape index (κ2) is 43.9. The fourth-order valence-corrected chi connectivity index (χ4v) is 7.88. The molecule has 0 radical (unpaired) electrons. The van der Waals surface area contributed by atoms with Crippen LogP contribution in [0.2, 0.25) is 0 Å². The standard InChI is InChI=1S/C50H93N3O30/c1-50(29-75-8-2-35(57)51-5-11-69-14-17-72-20-23-78-47-44(66)41(63)38(60)32(26-54)81-47,30-76-9-3-36(58)52-6-12-70-15-18-73-21-24-79-48-45(67)42(64)39(61)33(27-55)82-48)31-77-10-4-37(59)53-7-13-71-16-19-74-22-25-80-49-46(68)43(65)40(62)34(28-56)83-49/h32-34,38-49,54-56,60-68H,2-31H2,1H3,(H,51,57)(H,52,58)(H,53,59)/t32?,33?,34?,38-,39-,40-,41+,42+,43?,44?,45?,46-,47+,48+,49+,50?/m1/s1. The zero-order valence-corrected chi connectivity index (χ0v) is 47.1. The molecule has 15 atom stereocenters. The van der Waals surface area contributed by atoms with E-state index in [2.05, 4.69) is 16.0 Å². The van der Waals surface area contributed by atoms with E-state index >= 15 is 0 Å². The smallest absolute Gasteiger partial charge is 0.222 e. The fraction of sp³-hybridized carbons (Fsp3) is 0.940. The third-order valence-corrected chi connectivity index (χ3v) is 12.7. The Bertz CT molecular complexity index is 1500. The summed E-state index contributed by atoms with van der Waals surface area (Å²) in [5, 5.41) is 125. The van der Waals surface area contributed by atoms with Gasteiger partial charge in [-0.15, -0.1) is 0 Å². The number of amides is 3. The van der Waals surface area contributed by atoms with Gasteiger partial charge in [0.1, 0.15) is 73.2 Å². The van der Waals surface area contributed by atoms with Crippen LogP contribution in [0.3, 0.4) is 0 Å². The number of aliphatic hydroxyl groups is 12. The van der Waals surface area contributed by atoms with Crippen molar-refractivity contribution in [2.24, 2.45) is 5.41 Å². The average Bonchev–Trinajstić information content (AvgIpc) is 3.66. The number of hydrogen-bond donors (Lipinski definition) is 15. The van der Waals surface area contributed by atoms with E-state index in [1.807, 2.05) is 6.92 Å². The highest BCUT2D eigenvalue weighted by molar-refractivity contribution is 5.76. The number of carbonyl (C=O) groups excluding carboxylic acids is 3. The van der Waals surface area contributed by atoms with Crippen LogP contribution in [0.5, 0.6) is 0 Å². The van der Waals surface area contributed by atoms with E-state index in [1.54, 1.807) is 0 Å². The second-order valence-corrected chi connectivity index (χ2v) is 19.6. The summed E-state index contributed by atoms with van der Waals surface area (Å²) in [4.78, 5) is 37.5. The van der Waals surface area contributed by atoms with E-state index in [0.29, 0.717) is 0 Å². The van der Waals surface area contributed by atoms with Crippen LogP contribution < -0.4 is 16.0 Å². The lowest BCUT2D eigenvalue weighted by molar-refractivity contribution is -0.302. The molecule has 3 rings (SSSR count). The molecule has 15 N–H and O–H groups in total. The van der Waals surface area contributed by atoms with E-state index in [9.17, 15) is 75.7 Å². The molecule has 3 aliphatic heterocycles. The molecule has 0 spiro atoms. The number of ether oxygens (including phenoxy) is 15. The summed E-state index contributed by atoms with van der Waals surface area (Å²) in [6, 6.07) is 0. The molecule has 3 saturated heterocycles. The Labute approximate surface area is 481 Å². The monoisotopic (exact) mass is 1220 g/mol. The summed E-state index contributed by atoms with van der Waals surface area (Å²) >= 11 is 0. The molecule has 0 bridgehead atoms. The quantitative estimate of drug-likeness (QED) is 0.0252. The van der Waals surface area contributed by atoms with Crippen molar-refractivity contribution in [2.75, 3.05) is 178 Å². The third kappa shape index (κ3) is 29.7. The molecular formula is C50H93N3O30. The van der Waals surface area contributed by atoms with E-state index < -0.39 is 117 Å². The van der Waals surface area contributed by atoms with Gasteiger partial charge in [0, 0.05) is 44.3 Å². The van der Waals surface area contributed by atoms with Crippen LogP contribution in [0.1, 0.15) is 26.2 Å².